The van der Waals surface area contributed by atoms with E-state index in [2.05, 4.69) is 0 Å². The Morgan fingerprint density at radius 1 is 0.786 bits per heavy atom. The molecule has 0 saturated heterocycles. The minimum Gasteiger partial charge on any atom is -0.506 e. The Bertz CT molecular complexity index is 380. The Hall–Kier alpha value is -0.300. The van der Waals surface area contributed by atoms with Crippen molar-refractivity contribution >= 4 is 44.3 Å². The molecule has 0 atom stereocenters. The lowest BCUT2D eigenvalue weighted by atomic mass is 10.6. The first-order valence-corrected chi connectivity index (χ1v) is 7.66. The maximum atomic E-state index is 9.36. The first kappa shape index (κ1) is 10.2. The molecule has 2 nitrogen and oxygen atoms in total. The molecule has 6 heteroatoms. The molecule has 2 aromatic rings. The molecule has 0 aliphatic rings. The fraction of sp³-hybridized carbons (Fsp3) is 0. The molecule has 0 aromatic carbocycles. The van der Waals surface area contributed by atoms with Gasteiger partial charge in [-0.2, -0.15) is 0 Å². The Labute approximate surface area is 97.0 Å². The quantitative estimate of drug-likeness (QED) is 0.820. The molecule has 2 rings (SSSR count). The lowest BCUT2D eigenvalue weighted by Crippen LogP contribution is -1.62. The van der Waals surface area contributed by atoms with E-state index in [-0.39, 0.29) is 0 Å². The lowest BCUT2D eigenvalue weighted by Gasteiger charge is -1.97. The van der Waals surface area contributed by atoms with Crippen LogP contribution in [0.2, 0.25) is 0 Å². The van der Waals surface area contributed by atoms with E-state index in [0.717, 1.165) is 9.79 Å². The summed E-state index contributed by atoms with van der Waals surface area (Å²) in [4.78, 5) is 1.68. The van der Waals surface area contributed by atoms with Crippen LogP contribution in [-0.4, -0.2) is 10.2 Å². The monoisotopic (exact) mass is 262 g/mol. The Kier molecular flexibility index (Phi) is 3.27. The molecular formula is C8H6O2S4. The average molecular weight is 262 g/mol. The number of hydrogen-bond donors (Lipinski definition) is 2. The smallest absolute Gasteiger partial charge is 0.140 e. The van der Waals surface area contributed by atoms with Crippen molar-refractivity contribution in [3.05, 3.63) is 21.5 Å². The zero-order chi connectivity index (χ0) is 9.97. The summed E-state index contributed by atoms with van der Waals surface area (Å²) in [5, 5.41) is 25.9. The Balaban J connectivity index is 2.02. The predicted molar refractivity (Wildman–Crippen MR) is 63.7 cm³/mol. The molecule has 2 aromatic heterocycles. The van der Waals surface area contributed by atoms with Gasteiger partial charge < -0.3 is 10.2 Å². The second kappa shape index (κ2) is 4.48. The Morgan fingerprint density at radius 2 is 1.21 bits per heavy atom. The van der Waals surface area contributed by atoms with Gasteiger partial charge in [0.1, 0.15) is 11.5 Å². The first-order chi connectivity index (χ1) is 6.77. The number of aromatic hydroxyl groups is 2. The SMILES string of the molecule is Oc1cscc1SSc1cscc1O. The van der Waals surface area contributed by atoms with Gasteiger partial charge in [-0.25, -0.2) is 0 Å². The highest BCUT2D eigenvalue weighted by atomic mass is 33.1. The summed E-state index contributed by atoms with van der Waals surface area (Å²) in [6.45, 7) is 0. The molecule has 74 valence electrons. The highest BCUT2D eigenvalue weighted by Crippen LogP contribution is 2.46. The fourth-order valence-electron chi connectivity index (χ4n) is 0.772. The van der Waals surface area contributed by atoms with Gasteiger partial charge in [-0.05, 0) is 21.6 Å². The lowest BCUT2D eigenvalue weighted by molar-refractivity contribution is 0.465. The maximum Gasteiger partial charge on any atom is 0.140 e. The van der Waals surface area contributed by atoms with Crippen molar-refractivity contribution in [3.8, 4) is 11.5 Å². The van der Waals surface area contributed by atoms with E-state index in [4.69, 9.17) is 0 Å². The van der Waals surface area contributed by atoms with Gasteiger partial charge in [0.15, 0.2) is 0 Å². The highest BCUT2D eigenvalue weighted by Gasteiger charge is 2.07. The molecule has 2 heterocycles. The summed E-state index contributed by atoms with van der Waals surface area (Å²) in [7, 11) is 2.90. The molecule has 0 radical (unpaired) electrons. The van der Waals surface area contributed by atoms with Gasteiger partial charge in [-0.15, -0.1) is 22.7 Å². The standard InChI is InChI=1S/C8H6O2S4/c9-5-1-11-3-7(5)13-14-8-4-12-2-6(8)10/h1-4,9-10H. The van der Waals surface area contributed by atoms with E-state index in [1.165, 1.54) is 44.3 Å². The number of thiophene rings is 2. The molecule has 0 aliphatic heterocycles. The van der Waals surface area contributed by atoms with Gasteiger partial charge in [0, 0.05) is 21.5 Å². The van der Waals surface area contributed by atoms with Crippen LogP contribution in [0.1, 0.15) is 0 Å². The van der Waals surface area contributed by atoms with E-state index >= 15 is 0 Å². The predicted octanol–water partition coefficient (Wildman–Crippen LogP) is 4.02. The van der Waals surface area contributed by atoms with Crippen molar-refractivity contribution in [2.24, 2.45) is 0 Å². The van der Waals surface area contributed by atoms with Crippen LogP contribution in [0.5, 0.6) is 11.5 Å². The molecule has 0 aliphatic carbocycles. The Morgan fingerprint density at radius 3 is 1.50 bits per heavy atom. The zero-order valence-corrected chi connectivity index (χ0v) is 10.1. The summed E-state index contributed by atoms with van der Waals surface area (Å²) in [5.41, 5.74) is 0. The second-order valence-electron chi connectivity index (χ2n) is 2.41. The molecule has 0 bridgehead atoms. The first-order valence-electron chi connectivity index (χ1n) is 3.62. The van der Waals surface area contributed by atoms with Gasteiger partial charge in [-0.1, -0.05) is 0 Å². The van der Waals surface area contributed by atoms with E-state index < -0.39 is 0 Å². The van der Waals surface area contributed by atoms with Crippen LogP contribution >= 0.6 is 44.3 Å². The van der Waals surface area contributed by atoms with Crippen LogP contribution in [-0.2, 0) is 0 Å². The number of rotatable bonds is 3. The molecule has 0 unspecified atom stereocenters. The van der Waals surface area contributed by atoms with Crippen molar-refractivity contribution in [2.75, 3.05) is 0 Å². The van der Waals surface area contributed by atoms with Crippen molar-refractivity contribution in [1.82, 2.24) is 0 Å². The largest absolute Gasteiger partial charge is 0.506 e. The van der Waals surface area contributed by atoms with Crippen molar-refractivity contribution < 1.29 is 10.2 Å². The third-order valence-corrected chi connectivity index (χ3v) is 5.62. The van der Waals surface area contributed by atoms with Gasteiger partial charge in [0.05, 0.1) is 9.79 Å². The van der Waals surface area contributed by atoms with Gasteiger partial charge >= 0.3 is 0 Å². The van der Waals surface area contributed by atoms with Gasteiger partial charge in [-0.3, -0.25) is 0 Å². The van der Waals surface area contributed by atoms with Crippen LogP contribution < -0.4 is 0 Å². The summed E-state index contributed by atoms with van der Waals surface area (Å²) in [5.74, 6) is 0.615. The molecule has 0 saturated carbocycles. The van der Waals surface area contributed by atoms with Crippen LogP contribution in [0.4, 0.5) is 0 Å². The normalized spacial score (nSPS) is 10.6. The number of hydrogen-bond acceptors (Lipinski definition) is 6. The molecule has 0 spiro atoms. The summed E-state index contributed by atoms with van der Waals surface area (Å²) < 4.78 is 0. The topological polar surface area (TPSA) is 40.5 Å². The van der Waals surface area contributed by atoms with E-state index in [9.17, 15) is 10.2 Å². The molecular weight excluding hydrogens is 256 g/mol. The second-order valence-corrected chi connectivity index (χ2v) is 6.11. The van der Waals surface area contributed by atoms with Crippen molar-refractivity contribution in [1.29, 1.82) is 0 Å². The van der Waals surface area contributed by atoms with Crippen LogP contribution in [0.3, 0.4) is 0 Å². The molecule has 0 amide bonds. The van der Waals surface area contributed by atoms with Crippen molar-refractivity contribution in [3.63, 3.8) is 0 Å². The van der Waals surface area contributed by atoms with Gasteiger partial charge in [0.25, 0.3) is 0 Å². The van der Waals surface area contributed by atoms with E-state index in [0.29, 0.717) is 11.5 Å². The highest BCUT2D eigenvalue weighted by molar-refractivity contribution is 8.76. The third kappa shape index (κ3) is 2.20. The summed E-state index contributed by atoms with van der Waals surface area (Å²) in [6.07, 6.45) is 0. The minimum absolute atomic E-state index is 0.308. The molecule has 0 fully saturated rings. The zero-order valence-electron chi connectivity index (χ0n) is 6.84. The van der Waals surface area contributed by atoms with Crippen LogP contribution in [0.15, 0.2) is 31.3 Å². The molecule has 2 N–H and O–H groups in total. The fourth-order valence-corrected chi connectivity index (χ4v) is 4.93. The summed E-state index contributed by atoms with van der Waals surface area (Å²) >= 11 is 2.93. The molecule has 14 heavy (non-hydrogen) atoms. The minimum atomic E-state index is 0.308. The van der Waals surface area contributed by atoms with Crippen molar-refractivity contribution in [2.45, 2.75) is 9.79 Å². The third-order valence-electron chi connectivity index (χ3n) is 1.44. The summed E-state index contributed by atoms with van der Waals surface area (Å²) in [6, 6.07) is 0. The van der Waals surface area contributed by atoms with Gasteiger partial charge in [0.2, 0.25) is 0 Å². The van der Waals surface area contributed by atoms with Crippen LogP contribution in [0.25, 0.3) is 0 Å². The maximum absolute atomic E-state index is 9.36. The average Bonchev–Trinajstić information content (AvgIpc) is 2.72. The van der Waals surface area contributed by atoms with Crippen LogP contribution in [0, 0.1) is 0 Å². The van der Waals surface area contributed by atoms with E-state index in [1.807, 2.05) is 10.8 Å². The van der Waals surface area contributed by atoms with E-state index in [1.54, 1.807) is 10.8 Å².